The Hall–Kier alpha value is -0.970. The van der Waals surface area contributed by atoms with Crippen molar-refractivity contribution < 1.29 is 14.3 Å². The number of carbonyl (C=O) groups is 2. The smallest absolute Gasteiger partial charge is 0.326 e. The van der Waals surface area contributed by atoms with Crippen LogP contribution < -0.4 is 0 Å². The fourth-order valence-electron chi connectivity index (χ4n) is 2.92. The van der Waals surface area contributed by atoms with Gasteiger partial charge in [-0.1, -0.05) is 32.0 Å². The van der Waals surface area contributed by atoms with E-state index in [0.29, 0.717) is 17.5 Å². The average Bonchev–Trinajstić information content (AvgIpc) is 2.85. The molecule has 0 aromatic carbocycles. The van der Waals surface area contributed by atoms with E-state index in [1.807, 2.05) is 32.6 Å². The zero-order valence-corrected chi connectivity index (χ0v) is 15.3. The van der Waals surface area contributed by atoms with Gasteiger partial charge in [-0.3, -0.25) is 4.79 Å². The van der Waals surface area contributed by atoms with Gasteiger partial charge in [0.05, 0.1) is 4.99 Å². The molecular formula is C17H29NO3S. The molecule has 0 aliphatic heterocycles. The quantitative estimate of drug-likeness (QED) is 0.552. The highest BCUT2D eigenvalue weighted by Gasteiger charge is 2.30. The van der Waals surface area contributed by atoms with Crippen LogP contribution in [0.4, 0.5) is 0 Å². The van der Waals surface area contributed by atoms with Crippen LogP contribution in [0.3, 0.4) is 0 Å². The number of Topliss-reactive ketones (excluding diaryl/α,β-unsaturated/α-hetero) is 1. The maximum absolute atomic E-state index is 12.2. The summed E-state index contributed by atoms with van der Waals surface area (Å²) in [6, 6.07) is 0.300. The minimum atomic E-state index is -0.495. The Labute approximate surface area is 139 Å². The fourth-order valence-corrected chi connectivity index (χ4v) is 3.21. The van der Waals surface area contributed by atoms with Crippen LogP contribution in [0.5, 0.6) is 0 Å². The molecule has 0 radical (unpaired) electrons. The van der Waals surface area contributed by atoms with Crippen molar-refractivity contribution in [1.29, 1.82) is 0 Å². The molecule has 22 heavy (non-hydrogen) atoms. The average molecular weight is 327 g/mol. The van der Waals surface area contributed by atoms with E-state index in [4.69, 9.17) is 17.0 Å². The van der Waals surface area contributed by atoms with Crippen LogP contribution in [0.1, 0.15) is 66.7 Å². The van der Waals surface area contributed by atoms with Gasteiger partial charge in [0.25, 0.3) is 0 Å². The van der Waals surface area contributed by atoms with Crippen molar-refractivity contribution in [2.75, 3.05) is 6.54 Å². The Morgan fingerprint density at radius 3 is 2.27 bits per heavy atom. The lowest BCUT2D eigenvalue weighted by molar-refractivity contribution is -0.155. The second-order valence-electron chi connectivity index (χ2n) is 7.30. The van der Waals surface area contributed by atoms with Crippen LogP contribution in [0, 0.1) is 5.92 Å². The first-order valence-corrected chi connectivity index (χ1v) is 8.52. The zero-order chi connectivity index (χ0) is 16.9. The number of esters is 1. The Bertz CT molecular complexity index is 422. The molecule has 0 amide bonds. The molecule has 5 heteroatoms. The van der Waals surface area contributed by atoms with E-state index in [9.17, 15) is 9.59 Å². The molecule has 0 aromatic heterocycles. The minimum absolute atomic E-state index is 0.0180. The van der Waals surface area contributed by atoms with E-state index in [1.54, 1.807) is 6.92 Å². The molecular weight excluding hydrogens is 298 g/mol. The summed E-state index contributed by atoms with van der Waals surface area (Å²) >= 11 is 5.58. The number of hydrogen-bond donors (Lipinski definition) is 0. The van der Waals surface area contributed by atoms with Crippen molar-refractivity contribution >= 4 is 29.0 Å². The highest BCUT2D eigenvalue weighted by molar-refractivity contribution is 7.80. The third-order valence-corrected chi connectivity index (χ3v) is 4.42. The van der Waals surface area contributed by atoms with Crippen LogP contribution >= 0.6 is 12.2 Å². The van der Waals surface area contributed by atoms with Gasteiger partial charge in [-0.05, 0) is 40.5 Å². The van der Waals surface area contributed by atoms with Crippen molar-refractivity contribution in [3.8, 4) is 0 Å². The third kappa shape index (κ3) is 6.42. The second-order valence-corrected chi connectivity index (χ2v) is 7.72. The Morgan fingerprint density at radius 1 is 1.27 bits per heavy atom. The van der Waals surface area contributed by atoms with Gasteiger partial charge in [0.2, 0.25) is 0 Å². The lowest BCUT2D eigenvalue weighted by atomic mass is 10.0. The normalized spacial score (nSPS) is 17.1. The maximum Gasteiger partial charge on any atom is 0.326 e. The number of thiocarbonyl (C=S) groups is 1. The van der Waals surface area contributed by atoms with Crippen LogP contribution in [0.2, 0.25) is 0 Å². The maximum atomic E-state index is 12.2. The summed E-state index contributed by atoms with van der Waals surface area (Å²) < 4.78 is 5.43. The van der Waals surface area contributed by atoms with Crippen LogP contribution in [0.25, 0.3) is 0 Å². The van der Waals surface area contributed by atoms with E-state index in [2.05, 4.69) is 0 Å². The molecule has 0 bridgehead atoms. The second kappa shape index (κ2) is 8.04. The number of ketones is 1. The highest BCUT2D eigenvalue weighted by Crippen LogP contribution is 2.26. The van der Waals surface area contributed by atoms with E-state index in [0.717, 1.165) is 12.8 Å². The first-order chi connectivity index (χ1) is 10.1. The van der Waals surface area contributed by atoms with Crippen molar-refractivity contribution in [3.05, 3.63) is 0 Å². The fraction of sp³-hybridized carbons (Fsp3) is 0.824. The van der Waals surface area contributed by atoms with E-state index in [1.165, 1.54) is 12.8 Å². The van der Waals surface area contributed by atoms with Crippen LogP contribution in [-0.4, -0.2) is 39.8 Å². The number of rotatable bonds is 6. The summed E-state index contributed by atoms with van der Waals surface area (Å²) in [5.41, 5.74) is -0.495. The lowest BCUT2D eigenvalue weighted by Gasteiger charge is -2.34. The van der Waals surface area contributed by atoms with Gasteiger partial charge in [-0.2, -0.15) is 0 Å². The standard InChI is InChI=1S/C17H29NO3S/c1-12(10-13(2)19)16(22)18(14-8-6-7-9-14)11-15(20)21-17(3,4)5/h12,14H,6-11H2,1-5H3. The van der Waals surface area contributed by atoms with Crippen LogP contribution in [-0.2, 0) is 14.3 Å². The summed E-state index contributed by atoms with van der Waals surface area (Å²) in [5, 5.41) is 0. The SMILES string of the molecule is CC(=O)CC(C)C(=S)N(CC(=O)OC(C)(C)C)C1CCCC1. The molecule has 1 fully saturated rings. The van der Waals surface area contributed by atoms with Crippen molar-refractivity contribution in [2.45, 2.75) is 78.4 Å². The van der Waals surface area contributed by atoms with Crippen molar-refractivity contribution in [3.63, 3.8) is 0 Å². The predicted molar refractivity (Wildman–Crippen MR) is 91.9 cm³/mol. The largest absolute Gasteiger partial charge is 0.459 e. The van der Waals surface area contributed by atoms with Gasteiger partial charge in [0, 0.05) is 18.4 Å². The summed E-state index contributed by atoms with van der Waals surface area (Å²) in [7, 11) is 0. The predicted octanol–water partition coefficient (Wildman–Crippen LogP) is 3.52. The lowest BCUT2D eigenvalue weighted by Crippen LogP contribution is -2.45. The third-order valence-electron chi connectivity index (χ3n) is 3.78. The van der Waals surface area contributed by atoms with Gasteiger partial charge in [-0.15, -0.1) is 0 Å². The molecule has 4 nitrogen and oxygen atoms in total. The number of nitrogens with zero attached hydrogens (tertiary/aromatic N) is 1. The molecule has 1 aliphatic carbocycles. The molecule has 1 atom stereocenters. The molecule has 1 saturated carbocycles. The van der Waals surface area contributed by atoms with Crippen LogP contribution in [0.15, 0.2) is 0 Å². The Kier molecular flexibility index (Phi) is 6.98. The molecule has 1 unspecified atom stereocenters. The van der Waals surface area contributed by atoms with Gasteiger partial charge in [0.15, 0.2) is 0 Å². The van der Waals surface area contributed by atoms with E-state index in [-0.39, 0.29) is 24.2 Å². The molecule has 0 aromatic rings. The molecule has 0 saturated heterocycles. The monoisotopic (exact) mass is 327 g/mol. The minimum Gasteiger partial charge on any atom is -0.459 e. The molecule has 126 valence electrons. The van der Waals surface area contributed by atoms with E-state index < -0.39 is 5.60 Å². The number of ether oxygens (including phenoxy) is 1. The molecule has 1 aliphatic rings. The first-order valence-electron chi connectivity index (χ1n) is 8.12. The van der Waals surface area contributed by atoms with Crippen molar-refractivity contribution in [2.24, 2.45) is 5.92 Å². The van der Waals surface area contributed by atoms with Crippen molar-refractivity contribution in [1.82, 2.24) is 4.90 Å². The zero-order valence-electron chi connectivity index (χ0n) is 14.5. The molecule has 0 N–H and O–H groups in total. The molecule has 1 rings (SSSR count). The topological polar surface area (TPSA) is 46.6 Å². The summed E-state index contributed by atoms with van der Waals surface area (Å²) in [6.45, 7) is 9.31. The number of carbonyl (C=O) groups excluding carboxylic acids is 2. The van der Waals surface area contributed by atoms with E-state index >= 15 is 0 Å². The summed E-state index contributed by atoms with van der Waals surface area (Å²) in [5.74, 6) is -0.147. The summed E-state index contributed by atoms with van der Waals surface area (Å²) in [4.78, 5) is 26.2. The van der Waals surface area contributed by atoms with Gasteiger partial charge < -0.3 is 14.4 Å². The Morgan fingerprint density at radius 2 is 1.82 bits per heavy atom. The summed E-state index contributed by atoms with van der Waals surface area (Å²) in [6.07, 6.45) is 4.86. The van der Waals surface area contributed by atoms with Gasteiger partial charge in [0.1, 0.15) is 17.9 Å². The number of hydrogen-bond acceptors (Lipinski definition) is 4. The molecule has 0 heterocycles. The highest BCUT2D eigenvalue weighted by atomic mass is 32.1. The van der Waals surface area contributed by atoms with Gasteiger partial charge >= 0.3 is 5.97 Å². The Balaban J connectivity index is 2.77. The molecule has 0 spiro atoms. The first kappa shape index (κ1) is 19.1. The van der Waals surface area contributed by atoms with Gasteiger partial charge in [-0.25, -0.2) is 0 Å².